The number of hydrogen-bond acceptors (Lipinski definition) is 1. The van der Waals surface area contributed by atoms with Crippen LogP contribution in [-0.4, -0.2) is 15.8 Å². The summed E-state index contributed by atoms with van der Waals surface area (Å²) in [4.78, 5) is 19.5. The number of carbonyl (C=O) groups is 1. The second-order valence-corrected chi connectivity index (χ2v) is 9.72. The lowest BCUT2D eigenvalue weighted by Crippen LogP contribution is -2.31. The van der Waals surface area contributed by atoms with Crippen LogP contribution in [0.4, 0.5) is 0 Å². The van der Waals surface area contributed by atoms with Crippen molar-refractivity contribution >= 4 is 40.0 Å². The van der Waals surface area contributed by atoms with Gasteiger partial charge in [0.05, 0.1) is 22.8 Å². The Kier molecular flexibility index (Phi) is 5.40. The van der Waals surface area contributed by atoms with Crippen LogP contribution in [-0.2, 0) is 0 Å². The van der Waals surface area contributed by atoms with E-state index in [1.165, 1.54) is 0 Å². The summed E-state index contributed by atoms with van der Waals surface area (Å²) in [7, 11) is 0. The second-order valence-electron chi connectivity index (χ2n) is 8.87. The predicted molar refractivity (Wildman–Crippen MR) is 143 cm³/mol. The molecule has 2 heterocycles. The Bertz CT molecular complexity index is 1570. The fourth-order valence-corrected chi connectivity index (χ4v) is 5.78. The molecule has 1 aliphatic heterocycles. The molecule has 0 bridgehead atoms. The van der Waals surface area contributed by atoms with E-state index in [1.54, 1.807) is 6.07 Å². The summed E-state index contributed by atoms with van der Waals surface area (Å²) in [5.41, 5.74) is 6.59. The fourth-order valence-electron chi connectivity index (χ4n) is 5.27. The first kappa shape index (κ1) is 22.0. The Hall–Kier alpha value is -3.53. The van der Waals surface area contributed by atoms with Crippen LogP contribution in [0.15, 0.2) is 97.1 Å². The van der Waals surface area contributed by atoms with Crippen LogP contribution in [0.3, 0.4) is 0 Å². The van der Waals surface area contributed by atoms with Crippen LogP contribution in [0.5, 0.6) is 0 Å². The minimum absolute atomic E-state index is 0.0281. The topological polar surface area (TPSA) is 36.1 Å². The van der Waals surface area contributed by atoms with E-state index in [0.29, 0.717) is 10.0 Å². The van der Waals surface area contributed by atoms with Gasteiger partial charge in [0.1, 0.15) is 0 Å². The molecule has 0 saturated heterocycles. The van der Waals surface area contributed by atoms with Crippen molar-refractivity contribution in [2.45, 2.75) is 19.0 Å². The van der Waals surface area contributed by atoms with Crippen LogP contribution >= 0.6 is 23.2 Å². The van der Waals surface area contributed by atoms with Crippen molar-refractivity contribution in [3.63, 3.8) is 0 Å². The van der Waals surface area contributed by atoms with E-state index in [0.717, 1.165) is 44.4 Å². The van der Waals surface area contributed by atoms with E-state index in [2.05, 4.69) is 42.2 Å². The van der Waals surface area contributed by atoms with Gasteiger partial charge in [-0.2, -0.15) is 0 Å². The number of para-hydroxylation sites is 1. The van der Waals surface area contributed by atoms with Gasteiger partial charge in [-0.1, -0.05) is 89.9 Å². The van der Waals surface area contributed by atoms with Gasteiger partial charge in [0, 0.05) is 32.6 Å². The number of fused-ring (bicyclic) bond motifs is 2. The molecular formula is C30H22Cl2N2O. The van der Waals surface area contributed by atoms with Crippen molar-refractivity contribution in [2.75, 3.05) is 0 Å². The van der Waals surface area contributed by atoms with Crippen molar-refractivity contribution < 1.29 is 4.79 Å². The Morgan fingerprint density at radius 1 is 0.829 bits per heavy atom. The van der Waals surface area contributed by atoms with Gasteiger partial charge >= 0.3 is 0 Å². The molecule has 0 unspecified atom stereocenters. The minimum Gasteiger partial charge on any atom is -0.354 e. The first-order chi connectivity index (χ1) is 17.0. The molecule has 2 atom stereocenters. The maximum Gasteiger partial charge on any atom is 0.255 e. The number of nitrogens with one attached hydrogen (secondary N) is 1. The Labute approximate surface area is 213 Å². The van der Waals surface area contributed by atoms with Gasteiger partial charge < -0.3 is 9.88 Å². The van der Waals surface area contributed by atoms with Gasteiger partial charge in [0.15, 0.2) is 0 Å². The SMILES string of the molecule is C[C@H](c1ccccc1)N1C(=O)c2ccccc2[C@H]1c1c(-c2ccc(Cl)cc2Cl)[nH]c2ccccc12. The third-order valence-corrected chi connectivity index (χ3v) is 7.47. The molecule has 1 amide bonds. The van der Waals surface area contributed by atoms with Gasteiger partial charge in [0.25, 0.3) is 5.91 Å². The number of carbonyl (C=O) groups excluding carboxylic acids is 1. The van der Waals surface area contributed by atoms with Crippen molar-refractivity contribution in [1.82, 2.24) is 9.88 Å². The van der Waals surface area contributed by atoms with E-state index in [4.69, 9.17) is 23.2 Å². The third-order valence-electron chi connectivity index (χ3n) is 6.92. The number of hydrogen-bond donors (Lipinski definition) is 1. The first-order valence-electron chi connectivity index (χ1n) is 11.6. The maximum atomic E-state index is 13.9. The number of rotatable bonds is 4. The van der Waals surface area contributed by atoms with Crippen molar-refractivity contribution in [3.05, 3.63) is 129 Å². The first-order valence-corrected chi connectivity index (χ1v) is 12.3. The zero-order valence-corrected chi connectivity index (χ0v) is 20.5. The van der Waals surface area contributed by atoms with Crippen LogP contribution < -0.4 is 0 Å². The predicted octanol–water partition coefficient (Wildman–Crippen LogP) is 8.45. The molecule has 5 aromatic rings. The Morgan fingerprint density at radius 3 is 2.34 bits per heavy atom. The van der Waals surface area contributed by atoms with Crippen molar-refractivity contribution in [1.29, 1.82) is 0 Å². The summed E-state index contributed by atoms with van der Waals surface area (Å²) in [6.07, 6.45) is 0. The highest BCUT2D eigenvalue weighted by Crippen LogP contribution is 2.49. The van der Waals surface area contributed by atoms with E-state index in [9.17, 15) is 4.79 Å². The molecule has 0 radical (unpaired) electrons. The van der Waals surface area contributed by atoms with Gasteiger partial charge in [0.2, 0.25) is 0 Å². The van der Waals surface area contributed by atoms with E-state index < -0.39 is 0 Å². The highest BCUT2D eigenvalue weighted by Gasteiger charge is 2.42. The lowest BCUT2D eigenvalue weighted by molar-refractivity contribution is 0.0678. The summed E-state index contributed by atoms with van der Waals surface area (Å²) in [5.74, 6) is 0.0281. The molecular weight excluding hydrogens is 475 g/mol. The monoisotopic (exact) mass is 496 g/mol. The lowest BCUT2D eigenvalue weighted by Gasteiger charge is -2.32. The molecule has 0 spiro atoms. The van der Waals surface area contributed by atoms with Gasteiger partial charge in [-0.15, -0.1) is 0 Å². The van der Waals surface area contributed by atoms with Crippen LogP contribution in [0.2, 0.25) is 10.0 Å². The average molecular weight is 497 g/mol. The number of benzene rings is 4. The van der Waals surface area contributed by atoms with Crippen molar-refractivity contribution in [3.8, 4) is 11.3 Å². The summed E-state index contributed by atoms with van der Waals surface area (Å²) in [6.45, 7) is 2.09. The van der Waals surface area contributed by atoms with Crippen LogP contribution in [0, 0.1) is 0 Å². The lowest BCUT2D eigenvalue weighted by atomic mass is 9.92. The van der Waals surface area contributed by atoms with Gasteiger partial charge in [-0.05, 0) is 48.4 Å². The molecule has 1 aliphatic rings. The van der Waals surface area contributed by atoms with Crippen molar-refractivity contribution in [2.24, 2.45) is 0 Å². The fraction of sp³-hybridized carbons (Fsp3) is 0.100. The molecule has 1 aromatic heterocycles. The summed E-state index contributed by atoms with van der Waals surface area (Å²) >= 11 is 12.9. The Morgan fingerprint density at radius 2 is 1.54 bits per heavy atom. The molecule has 1 N–H and O–H groups in total. The van der Waals surface area contributed by atoms with E-state index in [-0.39, 0.29) is 18.0 Å². The number of halogens is 2. The number of amides is 1. The quantitative estimate of drug-likeness (QED) is 0.266. The van der Waals surface area contributed by atoms with E-state index >= 15 is 0 Å². The molecule has 3 nitrogen and oxygen atoms in total. The molecule has 6 rings (SSSR count). The summed E-state index contributed by atoms with van der Waals surface area (Å²) in [6, 6.07) is 31.4. The highest BCUT2D eigenvalue weighted by atomic mass is 35.5. The van der Waals surface area contributed by atoms with Gasteiger partial charge in [-0.3, -0.25) is 4.79 Å². The molecule has 35 heavy (non-hydrogen) atoms. The van der Waals surface area contributed by atoms with E-state index in [1.807, 2.05) is 65.6 Å². The minimum atomic E-state index is -0.285. The molecule has 0 fully saturated rings. The molecule has 5 heteroatoms. The number of nitrogens with zero attached hydrogens (tertiary/aromatic N) is 1. The Balaban J connectivity index is 1.64. The zero-order valence-electron chi connectivity index (χ0n) is 19.0. The number of aromatic amines is 1. The van der Waals surface area contributed by atoms with Crippen LogP contribution in [0.25, 0.3) is 22.2 Å². The average Bonchev–Trinajstić information content (AvgIpc) is 3.39. The standard InChI is InChI=1S/C30H22Cl2N2O/c1-18(19-9-3-2-4-10-19)34-29(21-11-5-6-12-22(21)30(34)35)27-24-13-7-8-14-26(24)33-28(27)23-16-15-20(31)17-25(23)32/h2-18,29,33H,1H3/t18-,29+/m1/s1. The molecule has 4 aromatic carbocycles. The summed E-state index contributed by atoms with van der Waals surface area (Å²) in [5, 5.41) is 2.20. The smallest absolute Gasteiger partial charge is 0.255 e. The van der Waals surface area contributed by atoms with Crippen LogP contribution in [0.1, 0.15) is 46.1 Å². The van der Waals surface area contributed by atoms with Gasteiger partial charge in [-0.25, -0.2) is 0 Å². The molecule has 172 valence electrons. The molecule has 0 aliphatic carbocycles. The maximum absolute atomic E-state index is 13.9. The second kappa shape index (κ2) is 8.60. The molecule has 0 saturated carbocycles. The highest BCUT2D eigenvalue weighted by molar-refractivity contribution is 6.36. The largest absolute Gasteiger partial charge is 0.354 e. The number of H-pyrrole nitrogens is 1. The zero-order chi connectivity index (χ0) is 24.1. The summed E-state index contributed by atoms with van der Waals surface area (Å²) < 4.78 is 0. The number of aromatic nitrogens is 1. The third kappa shape index (κ3) is 3.54. The normalized spacial score (nSPS) is 16.0.